The number of carbonyl (C=O) groups excluding carboxylic acids is 1. The molecule has 3 fully saturated rings. The quantitative estimate of drug-likeness (QED) is 0.314. The van der Waals surface area contributed by atoms with Crippen LogP contribution in [0.25, 0.3) is 0 Å². The van der Waals surface area contributed by atoms with Crippen molar-refractivity contribution in [3.8, 4) is 0 Å². The summed E-state index contributed by atoms with van der Waals surface area (Å²) < 4.78 is 5.49. The Morgan fingerprint density at radius 2 is 1.65 bits per heavy atom. The van der Waals surface area contributed by atoms with E-state index in [0.717, 1.165) is 57.8 Å². The SMILES string of the molecule is COC(=O)[C@]12CCC(C)(C)C[C@H]1C1=CC[C@@H]3[C@@H](C)CC[C@H](O)C(C)(C)CCC[C@@]3(C)[C@]1(C)CC2. The van der Waals surface area contributed by atoms with E-state index in [2.05, 4.69) is 54.5 Å². The molecule has 194 valence electrons. The number of esters is 1. The van der Waals surface area contributed by atoms with E-state index in [1.165, 1.54) is 12.8 Å². The van der Waals surface area contributed by atoms with Crippen molar-refractivity contribution in [1.29, 1.82) is 0 Å². The molecule has 0 bridgehead atoms. The van der Waals surface area contributed by atoms with Gasteiger partial charge in [0.1, 0.15) is 0 Å². The number of aliphatic hydroxyl groups excluding tert-OH is 1. The zero-order chi connectivity index (χ0) is 25.2. The lowest BCUT2D eigenvalue weighted by atomic mass is 9.39. The molecule has 0 unspecified atom stereocenters. The molecular weight excluding hydrogens is 420 g/mol. The van der Waals surface area contributed by atoms with Crippen molar-refractivity contribution in [3.63, 3.8) is 0 Å². The van der Waals surface area contributed by atoms with E-state index in [1.807, 2.05) is 0 Å². The molecular formula is C31H52O3. The number of methoxy groups -OCH3 is 1. The van der Waals surface area contributed by atoms with Gasteiger partial charge in [-0.2, -0.15) is 0 Å². The van der Waals surface area contributed by atoms with Crippen LogP contribution in [-0.4, -0.2) is 24.3 Å². The molecule has 4 aliphatic rings. The van der Waals surface area contributed by atoms with Crippen LogP contribution in [0, 0.1) is 44.8 Å². The van der Waals surface area contributed by atoms with Gasteiger partial charge >= 0.3 is 5.97 Å². The summed E-state index contributed by atoms with van der Waals surface area (Å²) in [6, 6.07) is 0. The first-order valence-corrected chi connectivity index (χ1v) is 14.2. The minimum atomic E-state index is -0.327. The number of carbonyl (C=O) groups is 1. The molecule has 7 atom stereocenters. The third kappa shape index (κ3) is 3.91. The summed E-state index contributed by atoms with van der Waals surface area (Å²) in [5.74, 6) is 1.58. The van der Waals surface area contributed by atoms with Gasteiger partial charge in [-0.1, -0.05) is 66.5 Å². The van der Waals surface area contributed by atoms with E-state index >= 15 is 0 Å². The van der Waals surface area contributed by atoms with E-state index in [4.69, 9.17) is 4.74 Å². The summed E-state index contributed by atoms with van der Waals surface area (Å²) in [6.07, 6.45) is 14.2. The Kier molecular flexibility index (Phi) is 6.66. The normalized spacial score (nSPS) is 46.2. The van der Waals surface area contributed by atoms with E-state index in [0.29, 0.717) is 17.8 Å². The summed E-state index contributed by atoms with van der Waals surface area (Å²) in [7, 11) is 1.59. The van der Waals surface area contributed by atoms with Gasteiger partial charge in [-0.25, -0.2) is 0 Å². The van der Waals surface area contributed by atoms with Crippen LogP contribution in [0.15, 0.2) is 11.6 Å². The molecule has 0 aliphatic heterocycles. The number of fused-ring (bicyclic) bond motifs is 5. The largest absolute Gasteiger partial charge is 0.469 e. The van der Waals surface area contributed by atoms with Crippen molar-refractivity contribution >= 4 is 5.97 Å². The van der Waals surface area contributed by atoms with Gasteiger partial charge < -0.3 is 9.84 Å². The Morgan fingerprint density at radius 3 is 2.32 bits per heavy atom. The molecule has 4 rings (SSSR count). The Morgan fingerprint density at radius 1 is 0.971 bits per heavy atom. The minimum Gasteiger partial charge on any atom is -0.469 e. The Hall–Kier alpha value is -0.830. The molecule has 0 saturated heterocycles. The molecule has 1 N–H and O–H groups in total. The zero-order valence-corrected chi connectivity index (χ0v) is 23.4. The lowest BCUT2D eigenvalue weighted by Crippen LogP contribution is -2.59. The number of aliphatic hydroxyl groups is 1. The molecule has 0 aromatic rings. The fourth-order valence-electron chi connectivity index (χ4n) is 9.16. The maximum Gasteiger partial charge on any atom is 0.312 e. The molecule has 0 spiro atoms. The van der Waals surface area contributed by atoms with Crippen LogP contribution in [0.4, 0.5) is 0 Å². The first-order valence-electron chi connectivity index (χ1n) is 14.2. The zero-order valence-electron chi connectivity index (χ0n) is 23.4. The molecule has 0 heterocycles. The number of allylic oxidation sites excluding steroid dienone is 2. The van der Waals surface area contributed by atoms with Crippen LogP contribution in [0.5, 0.6) is 0 Å². The van der Waals surface area contributed by atoms with Crippen molar-refractivity contribution in [2.75, 3.05) is 7.11 Å². The summed E-state index contributed by atoms with van der Waals surface area (Å²) in [6.45, 7) is 16.9. The molecule has 4 aliphatic carbocycles. The van der Waals surface area contributed by atoms with Crippen molar-refractivity contribution in [2.45, 2.75) is 125 Å². The molecule has 0 aromatic carbocycles. The molecule has 3 saturated carbocycles. The van der Waals surface area contributed by atoms with Gasteiger partial charge in [0.15, 0.2) is 0 Å². The Bertz CT molecular complexity index is 825. The lowest BCUT2D eigenvalue weighted by molar-refractivity contribution is -0.169. The average Bonchev–Trinajstić information content (AvgIpc) is 2.76. The second-order valence-electron chi connectivity index (χ2n) is 14.7. The van der Waals surface area contributed by atoms with Crippen LogP contribution >= 0.6 is 0 Å². The standard InChI is InChI=1S/C31H52O3/c1-21-10-13-25(32)28(4,5)14-9-15-29(6)22(21)11-12-23-24-20-27(2,3)16-18-31(24,26(33)34-8)19-17-30(23,29)7/h12,21-22,24-25,32H,9-11,13-20H2,1-8H3/t21-,22+,24-,25-,29+,30+,31-/m0/s1. The van der Waals surface area contributed by atoms with Crippen LogP contribution in [0.1, 0.15) is 119 Å². The topological polar surface area (TPSA) is 46.5 Å². The fraction of sp³-hybridized carbons (Fsp3) is 0.903. The van der Waals surface area contributed by atoms with Crippen molar-refractivity contribution < 1.29 is 14.6 Å². The second-order valence-corrected chi connectivity index (χ2v) is 14.7. The van der Waals surface area contributed by atoms with Gasteiger partial charge in [0, 0.05) is 0 Å². The molecule has 3 heteroatoms. The maximum atomic E-state index is 13.3. The highest BCUT2D eigenvalue weighted by molar-refractivity contribution is 5.78. The van der Waals surface area contributed by atoms with Crippen LogP contribution in [-0.2, 0) is 9.53 Å². The van der Waals surface area contributed by atoms with Gasteiger partial charge in [0.05, 0.1) is 18.6 Å². The predicted octanol–water partition coefficient (Wildman–Crippen LogP) is 7.71. The van der Waals surface area contributed by atoms with E-state index in [-0.39, 0.29) is 39.1 Å². The van der Waals surface area contributed by atoms with Gasteiger partial charge in [-0.05, 0) is 104 Å². The first kappa shape index (κ1) is 26.2. The maximum absolute atomic E-state index is 13.3. The monoisotopic (exact) mass is 472 g/mol. The number of rotatable bonds is 1. The van der Waals surface area contributed by atoms with Crippen molar-refractivity contribution in [3.05, 3.63) is 11.6 Å². The fourth-order valence-corrected chi connectivity index (χ4v) is 9.16. The van der Waals surface area contributed by atoms with Crippen molar-refractivity contribution in [1.82, 2.24) is 0 Å². The van der Waals surface area contributed by atoms with Gasteiger partial charge in [-0.3, -0.25) is 4.79 Å². The highest BCUT2D eigenvalue weighted by atomic mass is 16.5. The highest BCUT2D eigenvalue weighted by Gasteiger charge is 2.64. The summed E-state index contributed by atoms with van der Waals surface area (Å²) in [5.41, 5.74) is 1.87. The summed E-state index contributed by atoms with van der Waals surface area (Å²) >= 11 is 0. The Balaban J connectivity index is 1.77. The van der Waals surface area contributed by atoms with Gasteiger partial charge in [-0.15, -0.1) is 0 Å². The number of hydrogen-bond acceptors (Lipinski definition) is 3. The van der Waals surface area contributed by atoms with E-state index < -0.39 is 0 Å². The average molecular weight is 473 g/mol. The summed E-state index contributed by atoms with van der Waals surface area (Å²) in [5, 5.41) is 10.9. The smallest absolute Gasteiger partial charge is 0.312 e. The minimum absolute atomic E-state index is 0.0167. The second kappa shape index (κ2) is 8.63. The molecule has 3 nitrogen and oxygen atoms in total. The Labute approximate surface area is 209 Å². The van der Waals surface area contributed by atoms with E-state index in [9.17, 15) is 9.90 Å². The van der Waals surface area contributed by atoms with Gasteiger partial charge in [0.25, 0.3) is 0 Å². The molecule has 0 radical (unpaired) electrons. The van der Waals surface area contributed by atoms with Crippen molar-refractivity contribution in [2.24, 2.45) is 44.8 Å². The molecule has 0 aromatic heterocycles. The lowest BCUT2D eigenvalue weighted by Gasteiger charge is -2.65. The highest BCUT2D eigenvalue weighted by Crippen LogP contribution is 2.70. The van der Waals surface area contributed by atoms with E-state index in [1.54, 1.807) is 12.7 Å². The number of hydrogen-bond donors (Lipinski definition) is 1. The number of ether oxygens (including phenoxy) is 1. The molecule has 0 amide bonds. The van der Waals surface area contributed by atoms with Crippen LogP contribution < -0.4 is 0 Å². The predicted molar refractivity (Wildman–Crippen MR) is 139 cm³/mol. The molecule has 34 heavy (non-hydrogen) atoms. The first-order chi connectivity index (χ1) is 15.7. The third-order valence-corrected chi connectivity index (χ3v) is 12.0. The third-order valence-electron chi connectivity index (χ3n) is 12.0. The summed E-state index contributed by atoms with van der Waals surface area (Å²) in [4.78, 5) is 13.3. The van der Waals surface area contributed by atoms with Gasteiger partial charge in [0.2, 0.25) is 0 Å². The van der Waals surface area contributed by atoms with Crippen LogP contribution in [0.2, 0.25) is 0 Å². The van der Waals surface area contributed by atoms with Crippen LogP contribution in [0.3, 0.4) is 0 Å².